The molecular weight excluding hydrogens is 348 g/mol. The second kappa shape index (κ2) is 7.50. The molecule has 4 rings (SSSR count). The van der Waals surface area contributed by atoms with Crippen molar-refractivity contribution in [2.24, 2.45) is 0 Å². The molecule has 0 aliphatic carbocycles. The van der Waals surface area contributed by atoms with E-state index in [9.17, 15) is 4.79 Å². The quantitative estimate of drug-likeness (QED) is 0.813. The molecule has 1 amide bonds. The van der Waals surface area contributed by atoms with Crippen molar-refractivity contribution in [1.82, 2.24) is 14.9 Å². The fraction of sp³-hybridized carbons (Fsp3) is 0.368. The fourth-order valence-corrected chi connectivity index (χ4v) is 3.23. The molecular formula is C19H18N4O4. The van der Waals surface area contributed by atoms with E-state index in [0.29, 0.717) is 24.6 Å². The van der Waals surface area contributed by atoms with Crippen LogP contribution in [0, 0.1) is 11.3 Å². The first-order valence-corrected chi connectivity index (χ1v) is 8.79. The second-order valence-corrected chi connectivity index (χ2v) is 6.35. The van der Waals surface area contributed by atoms with E-state index in [1.807, 2.05) is 24.3 Å². The first-order chi connectivity index (χ1) is 13.2. The Bertz CT molecular complexity index is 882. The Morgan fingerprint density at radius 2 is 2.07 bits per heavy atom. The number of aromatic nitrogens is 2. The van der Waals surface area contributed by atoms with Crippen LogP contribution in [0.25, 0.3) is 0 Å². The van der Waals surface area contributed by atoms with Gasteiger partial charge in [0.25, 0.3) is 11.8 Å². The zero-order valence-corrected chi connectivity index (χ0v) is 14.6. The molecule has 8 heteroatoms. The van der Waals surface area contributed by atoms with E-state index in [1.54, 1.807) is 11.0 Å². The highest BCUT2D eigenvalue weighted by Crippen LogP contribution is 2.31. The van der Waals surface area contributed by atoms with Gasteiger partial charge < -0.3 is 19.1 Å². The number of amides is 1. The van der Waals surface area contributed by atoms with Gasteiger partial charge in [-0.05, 0) is 25.0 Å². The minimum absolute atomic E-state index is 0.127. The maximum Gasteiger partial charge on any atom is 0.267 e. The van der Waals surface area contributed by atoms with Gasteiger partial charge in [0, 0.05) is 18.9 Å². The Kier molecular flexibility index (Phi) is 4.75. The smallest absolute Gasteiger partial charge is 0.267 e. The standard InChI is InChI=1S/C19H18N4O4/c20-10-14-18(22-8-7-21-14)26-13-4-3-9-23(11-13)19(24)17-12-25-15-5-1-2-6-16(15)27-17/h1-2,5-8,13,17H,3-4,9,11-12H2. The van der Waals surface area contributed by atoms with Crippen LogP contribution in [0.1, 0.15) is 18.5 Å². The number of ether oxygens (including phenoxy) is 3. The molecule has 1 aromatic heterocycles. The predicted octanol–water partition coefficient (Wildman–Crippen LogP) is 1.56. The average molecular weight is 366 g/mol. The Morgan fingerprint density at radius 1 is 1.26 bits per heavy atom. The summed E-state index contributed by atoms with van der Waals surface area (Å²) in [5.41, 5.74) is 0.140. The summed E-state index contributed by atoms with van der Waals surface area (Å²) in [5.74, 6) is 1.29. The van der Waals surface area contributed by atoms with Crippen LogP contribution in [0.3, 0.4) is 0 Å². The van der Waals surface area contributed by atoms with E-state index in [2.05, 4.69) is 9.97 Å². The summed E-state index contributed by atoms with van der Waals surface area (Å²) in [4.78, 5) is 22.6. The van der Waals surface area contributed by atoms with Gasteiger partial charge in [0.1, 0.15) is 18.8 Å². The van der Waals surface area contributed by atoms with E-state index < -0.39 is 6.10 Å². The Hall–Kier alpha value is -3.34. The van der Waals surface area contributed by atoms with Crippen molar-refractivity contribution in [2.75, 3.05) is 19.7 Å². The number of likely N-dealkylation sites (tertiary alicyclic amines) is 1. The van der Waals surface area contributed by atoms with Crippen LogP contribution >= 0.6 is 0 Å². The van der Waals surface area contributed by atoms with Crippen LogP contribution < -0.4 is 14.2 Å². The monoisotopic (exact) mass is 366 g/mol. The van der Waals surface area contributed by atoms with Gasteiger partial charge in [-0.25, -0.2) is 9.97 Å². The number of benzene rings is 1. The SMILES string of the molecule is N#Cc1nccnc1OC1CCCN(C(=O)C2COc3ccccc3O2)C1. The molecule has 0 radical (unpaired) electrons. The summed E-state index contributed by atoms with van der Waals surface area (Å²) >= 11 is 0. The van der Waals surface area contributed by atoms with Gasteiger partial charge in [-0.15, -0.1) is 0 Å². The number of rotatable bonds is 3. The topological polar surface area (TPSA) is 97.6 Å². The zero-order valence-electron chi connectivity index (χ0n) is 14.6. The number of fused-ring (bicyclic) bond motifs is 1. The molecule has 8 nitrogen and oxygen atoms in total. The first kappa shape index (κ1) is 17.1. The third kappa shape index (κ3) is 3.62. The Balaban J connectivity index is 1.41. The third-order valence-electron chi connectivity index (χ3n) is 4.52. The molecule has 1 saturated heterocycles. The number of nitrogens with zero attached hydrogens (tertiary/aromatic N) is 4. The zero-order chi connectivity index (χ0) is 18.6. The van der Waals surface area contributed by atoms with Crippen LogP contribution in [-0.4, -0.2) is 52.7 Å². The highest BCUT2D eigenvalue weighted by atomic mass is 16.6. The normalized spacial score (nSPS) is 21.2. The summed E-state index contributed by atoms with van der Waals surface area (Å²) in [6.45, 7) is 1.22. The maximum absolute atomic E-state index is 12.9. The number of para-hydroxylation sites is 2. The molecule has 0 bridgehead atoms. The lowest BCUT2D eigenvalue weighted by molar-refractivity contribution is -0.143. The Morgan fingerprint density at radius 3 is 2.93 bits per heavy atom. The average Bonchev–Trinajstić information content (AvgIpc) is 2.73. The second-order valence-electron chi connectivity index (χ2n) is 6.35. The first-order valence-electron chi connectivity index (χ1n) is 8.79. The van der Waals surface area contributed by atoms with Crippen molar-refractivity contribution in [1.29, 1.82) is 5.26 Å². The molecule has 2 atom stereocenters. The third-order valence-corrected chi connectivity index (χ3v) is 4.52. The molecule has 2 unspecified atom stereocenters. The van der Waals surface area contributed by atoms with Crippen molar-refractivity contribution < 1.29 is 19.0 Å². The molecule has 27 heavy (non-hydrogen) atoms. The summed E-state index contributed by atoms with van der Waals surface area (Å²) in [5, 5.41) is 9.11. The summed E-state index contributed by atoms with van der Waals surface area (Å²) in [6, 6.07) is 9.27. The van der Waals surface area contributed by atoms with Gasteiger partial charge >= 0.3 is 0 Å². The fourth-order valence-electron chi connectivity index (χ4n) is 3.23. The van der Waals surface area contributed by atoms with Crippen LogP contribution in [0.4, 0.5) is 0 Å². The van der Waals surface area contributed by atoms with E-state index in [1.165, 1.54) is 12.4 Å². The predicted molar refractivity (Wildman–Crippen MR) is 93.3 cm³/mol. The summed E-state index contributed by atoms with van der Waals surface area (Å²) in [6.07, 6.45) is 3.57. The molecule has 2 aliphatic heterocycles. The molecule has 1 aromatic carbocycles. The summed E-state index contributed by atoms with van der Waals surface area (Å²) < 4.78 is 17.3. The lowest BCUT2D eigenvalue weighted by atomic mass is 10.1. The van der Waals surface area contributed by atoms with E-state index in [4.69, 9.17) is 19.5 Å². The van der Waals surface area contributed by atoms with Crippen LogP contribution in [-0.2, 0) is 4.79 Å². The van der Waals surface area contributed by atoms with Gasteiger partial charge in [0.15, 0.2) is 11.5 Å². The minimum atomic E-state index is -0.676. The van der Waals surface area contributed by atoms with Crippen LogP contribution in [0.2, 0.25) is 0 Å². The van der Waals surface area contributed by atoms with E-state index in [-0.39, 0.29) is 30.2 Å². The molecule has 3 heterocycles. The maximum atomic E-state index is 12.9. The van der Waals surface area contributed by atoms with Crippen molar-refractivity contribution in [3.63, 3.8) is 0 Å². The van der Waals surface area contributed by atoms with Gasteiger partial charge in [-0.2, -0.15) is 5.26 Å². The number of piperidine rings is 1. The number of hydrogen-bond acceptors (Lipinski definition) is 7. The number of hydrogen-bond donors (Lipinski definition) is 0. The van der Waals surface area contributed by atoms with Crippen LogP contribution in [0.15, 0.2) is 36.7 Å². The molecule has 0 saturated carbocycles. The van der Waals surface area contributed by atoms with Gasteiger partial charge in [0.2, 0.25) is 11.8 Å². The number of nitriles is 1. The molecule has 2 aliphatic rings. The number of carbonyl (C=O) groups excluding carboxylic acids is 1. The largest absolute Gasteiger partial charge is 0.485 e. The Labute approximate surface area is 156 Å². The lowest BCUT2D eigenvalue weighted by Gasteiger charge is -2.35. The highest BCUT2D eigenvalue weighted by molar-refractivity contribution is 5.82. The van der Waals surface area contributed by atoms with Crippen molar-refractivity contribution >= 4 is 5.91 Å². The van der Waals surface area contributed by atoms with E-state index >= 15 is 0 Å². The van der Waals surface area contributed by atoms with Crippen molar-refractivity contribution in [3.05, 3.63) is 42.4 Å². The molecule has 0 spiro atoms. The van der Waals surface area contributed by atoms with Crippen molar-refractivity contribution in [2.45, 2.75) is 25.0 Å². The summed E-state index contributed by atoms with van der Waals surface area (Å²) in [7, 11) is 0. The van der Waals surface area contributed by atoms with Crippen LogP contribution in [0.5, 0.6) is 17.4 Å². The molecule has 2 aromatic rings. The van der Waals surface area contributed by atoms with Gasteiger partial charge in [-0.1, -0.05) is 12.1 Å². The van der Waals surface area contributed by atoms with Crippen molar-refractivity contribution in [3.8, 4) is 23.4 Å². The van der Waals surface area contributed by atoms with Gasteiger partial charge in [-0.3, -0.25) is 4.79 Å². The molecule has 138 valence electrons. The lowest BCUT2D eigenvalue weighted by Crippen LogP contribution is -2.51. The molecule has 0 N–H and O–H groups in total. The minimum Gasteiger partial charge on any atom is -0.485 e. The molecule has 1 fully saturated rings. The highest BCUT2D eigenvalue weighted by Gasteiger charge is 2.34. The van der Waals surface area contributed by atoms with Gasteiger partial charge in [0.05, 0.1) is 6.54 Å². The number of carbonyl (C=O) groups is 1. The van der Waals surface area contributed by atoms with E-state index in [0.717, 1.165) is 12.8 Å².